The topological polar surface area (TPSA) is 72.7 Å². The van der Waals surface area contributed by atoms with Crippen molar-refractivity contribution in [2.75, 3.05) is 20.2 Å². The molecule has 0 aromatic heterocycles. The van der Waals surface area contributed by atoms with E-state index in [-0.39, 0.29) is 17.2 Å². The number of nitrogens with zero attached hydrogens (tertiary/aromatic N) is 2. The van der Waals surface area contributed by atoms with Gasteiger partial charge < -0.3 is 9.64 Å². The van der Waals surface area contributed by atoms with Gasteiger partial charge >= 0.3 is 0 Å². The van der Waals surface area contributed by atoms with Gasteiger partial charge in [-0.3, -0.25) is 14.9 Å². The molecule has 1 aliphatic heterocycles. The lowest BCUT2D eigenvalue weighted by Crippen LogP contribution is -2.49. The summed E-state index contributed by atoms with van der Waals surface area (Å²) in [5, 5.41) is 10.9. The van der Waals surface area contributed by atoms with Crippen molar-refractivity contribution in [1.29, 1.82) is 0 Å². The van der Waals surface area contributed by atoms with Gasteiger partial charge in [0.15, 0.2) is 0 Å². The van der Waals surface area contributed by atoms with Gasteiger partial charge in [-0.1, -0.05) is 0 Å². The van der Waals surface area contributed by atoms with Gasteiger partial charge in [-0.2, -0.15) is 0 Å². The largest absolute Gasteiger partial charge is 0.377 e. The molecule has 0 radical (unpaired) electrons. The minimum absolute atomic E-state index is 0.0646. The van der Waals surface area contributed by atoms with Crippen molar-refractivity contribution in [3.05, 3.63) is 37.4 Å². The van der Waals surface area contributed by atoms with Gasteiger partial charge in [0.1, 0.15) is 0 Å². The summed E-state index contributed by atoms with van der Waals surface area (Å²) in [6.45, 7) is 3.13. The van der Waals surface area contributed by atoms with Crippen molar-refractivity contribution in [1.82, 2.24) is 4.90 Å². The first-order valence-corrected chi connectivity index (χ1v) is 7.72. The molecule has 1 saturated heterocycles. The Morgan fingerprint density at radius 1 is 1.52 bits per heavy atom. The highest BCUT2D eigenvalue weighted by Gasteiger charge is 2.34. The monoisotopic (exact) mass is 404 g/mol. The Bertz CT molecular complexity index is 578. The van der Waals surface area contributed by atoms with Crippen LogP contribution in [0.4, 0.5) is 5.69 Å². The number of hydrogen-bond acceptors (Lipinski definition) is 4. The van der Waals surface area contributed by atoms with E-state index in [9.17, 15) is 14.9 Å². The first-order valence-electron chi connectivity index (χ1n) is 6.65. The molecule has 0 saturated carbocycles. The van der Waals surface area contributed by atoms with E-state index in [0.29, 0.717) is 22.2 Å². The lowest BCUT2D eigenvalue weighted by molar-refractivity contribution is -0.384. The Kier molecular flexibility index (Phi) is 4.82. The van der Waals surface area contributed by atoms with Crippen LogP contribution >= 0.6 is 22.6 Å². The van der Waals surface area contributed by atoms with Gasteiger partial charge in [0.05, 0.1) is 16.1 Å². The molecule has 1 aromatic carbocycles. The van der Waals surface area contributed by atoms with Crippen LogP contribution < -0.4 is 0 Å². The summed E-state index contributed by atoms with van der Waals surface area (Å²) in [5.74, 6) is -0.175. The molecule has 1 heterocycles. The van der Waals surface area contributed by atoms with Gasteiger partial charge in [-0.05, 0) is 48.4 Å². The SMILES string of the molecule is COC1(C)CCCN(C(=O)c2cc([N+](=O)[O-])ccc2I)C1. The van der Waals surface area contributed by atoms with Crippen LogP contribution in [0, 0.1) is 13.7 Å². The third kappa shape index (κ3) is 3.52. The Hall–Kier alpha value is -1.22. The number of hydrogen-bond donors (Lipinski definition) is 0. The smallest absolute Gasteiger partial charge is 0.270 e. The molecular formula is C14H17IN2O4. The van der Waals surface area contributed by atoms with Gasteiger partial charge in [0, 0.05) is 35.9 Å². The standard InChI is InChI=1S/C14H17IN2O4/c1-14(21-2)6-3-7-16(9-14)13(18)11-8-10(17(19)20)4-5-12(11)15/h4-5,8H,3,6-7,9H2,1-2H3. The number of rotatable bonds is 3. The molecule has 6 nitrogen and oxygen atoms in total. The average Bonchev–Trinajstić information content (AvgIpc) is 2.47. The van der Waals surface area contributed by atoms with E-state index in [1.54, 1.807) is 18.1 Å². The Labute approximate surface area is 136 Å². The fourth-order valence-corrected chi connectivity index (χ4v) is 3.07. The Morgan fingerprint density at radius 2 is 2.24 bits per heavy atom. The maximum atomic E-state index is 12.6. The lowest BCUT2D eigenvalue weighted by Gasteiger charge is -2.39. The predicted molar refractivity (Wildman–Crippen MR) is 86.4 cm³/mol. The van der Waals surface area contributed by atoms with Crippen LogP contribution in [-0.4, -0.2) is 41.5 Å². The molecule has 0 bridgehead atoms. The third-order valence-corrected chi connectivity index (χ3v) is 4.77. The van der Waals surface area contributed by atoms with E-state index < -0.39 is 4.92 Å². The Morgan fingerprint density at radius 3 is 2.86 bits per heavy atom. The van der Waals surface area contributed by atoms with Crippen LogP contribution in [0.5, 0.6) is 0 Å². The van der Waals surface area contributed by atoms with Crippen LogP contribution in [0.3, 0.4) is 0 Å². The van der Waals surface area contributed by atoms with E-state index in [0.717, 1.165) is 12.8 Å². The molecule has 1 atom stereocenters. The maximum Gasteiger partial charge on any atom is 0.270 e. The van der Waals surface area contributed by atoms with Crippen molar-refractivity contribution in [3.63, 3.8) is 0 Å². The summed E-state index contributed by atoms with van der Waals surface area (Å²) in [5.41, 5.74) is -0.0319. The van der Waals surface area contributed by atoms with E-state index in [1.165, 1.54) is 12.1 Å². The number of carbonyl (C=O) groups excluding carboxylic acids is 1. The molecule has 114 valence electrons. The van der Waals surface area contributed by atoms with Crippen molar-refractivity contribution < 1.29 is 14.5 Å². The van der Waals surface area contributed by atoms with Gasteiger partial charge in [0.2, 0.25) is 0 Å². The Balaban J connectivity index is 2.27. The summed E-state index contributed by atoms with van der Waals surface area (Å²) in [6.07, 6.45) is 1.76. The minimum Gasteiger partial charge on any atom is -0.377 e. The number of nitro benzene ring substituents is 1. The number of piperidine rings is 1. The number of benzene rings is 1. The van der Waals surface area contributed by atoms with Gasteiger partial charge in [-0.15, -0.1) is 0 Å². The zero-order valence-electron chi connectivity index (χ0n) is 12.0. The number of non-ortho nitro benzene ring substituents is 1. The molecule has 0 aliphatic carbocycles. The van der Waals surface area contributed by atoms with Crippen molar-refractivity contribution in [3.8, 4) is 0 Å². The molecule has 0 spiro atoms. The number of methoxy groups -OCH3 is 1. The number of ether oxygens (including phenoxy) is 1. The van der Waals surface area contributed by atoms with E-state index in [2.05, 4.69) is 0 Å². The summed E-state index contributed by atoms with van der Waals surface area (Å²) in [7, 11) is 1.64. The van der Waals surface area contributed by atoms with E-state index in [4.69, 9.17) is 4.74 Å². The summed E-state index contributed by atoms with van der Waals surface area (Å²) >= 11 is 2.03. The van der Waals surface area contributed by atoms with Crippen molar-refractivity contribution >= 4 is 34.2 Å². The molecule has 0 N–H and O–H groups in total. The zero-order valence-corrected chi connectivity index (χ0v) is 14.1. The van der Waals surface area contributed by atoms with Crippen LogP contribution in [-0.2, 0) is 4.74 Å². The number of amides is 1. The maximum absolute atomic E-state index is 12.6. The molecule has 1 aliphatic rings. The van der Waals surface area contributed by atoms with Gasteiger partial charge in [-0.25, -0.2) is 0 Å². The quantitative estimate of drug-likeness (QED) is 0.441. The van der Waals surface area contributed by atoms with Crippen LogP contribution in [0.25, 0.3) is 0 Å². The van der Waals surface area contributed by atoms with Crippen LogP contribution in [0.1, 0.15) is 30.1 Å². The van der Waals surface area contributed by atoms with Crippen LogP contribution in [0.2, 0.25) is 0 Å². The predicted octanol–water partition coefficient (Wildman–Crippen LogP) is 2.84. The highest BCUT2D eigenvalue weighted by molar-refractivity contribution is 14.1. The minimum atomic E-state index is -0.484. The molecular weight excluding hydrogens is 387 g/mol. The summed E-state index contributed by atoms with van der Waals surface area (Å²) in [4.78, 5) is 24.7. The number of carbonyl (C=O) groups is 1. The van der Waals surface area contributed by atoms with E-state index >= 15 is 0 Å². The highest BCUT2D eigenvalue weighted by Crippen LogP contribution is 2.27. The van der Waals surface area contributed by atoms with E-state index in [1.807, 2.05) is 29.5 Å². The molecule has 1 unspecified atom stereocenters. The second-order valence-corrected chi connectivity index (χ2v) is 6.57. The van der Waals surface area contributed by atoms with Crippen molar-refractivity contribution in [2.24, 2.45) is 0 Å². The molecule has 1 aromatic rings. The molecule has 1 amide bonds. The number of likely N-dealkylation sites (tertiary alicyclic amines) is 1. The molecule has 21 heavy (non-hydrogen) atoms. The summed E-state index contributed by atoms with van der Waals surface area (Å²) < 4.78 is 6.20. The number of nitro groups is 1. The molecule has 2 rings (SSSR count). The van der Waals surface area contributed by atoms with Crippen LogP contribution in [0.15, 0.2) is 18.2 Å². The third-order valence-electron chi connectivity index (χ3n) is 3.83. The molecule has 1 fully saturated rings. The fraction of sp³-hybridized carbons (Fsp3) is 0.500. The average molecular weight is 404 g/mol. The first-order chi connectivity index (χ1) is 9.86. The van der Waals surface area contributed by atoms with Gasteiger partial charge in [0.25, 0.3) is 11.6 Å². The fourth-order valence-electron chi connectivity index (χ4n) is 2.51. The zero-order chi connectivity index (χ0) is 15.6. The molecule has 7 heteroatoms. The second-order valence-electron chi connectivity index (χ2n) is 5.41. The second kappa shape index (κ2) is 6.27. The highest BCUT2D eigenvalue weighted by atomic mass is 127. The normalized spacial score (nSPS) is 22.1. The van der Waals surface area contributed by atoms with Crippen molar-refractivity contribution in [2.45, 2.75) is 25.4 Å². The first kappa shape index (κ1) is 16.2. The lowest BCUT2D eigenvalue weighted by atomic mass is 9.94. The summed E-state index contributed by atoms with van der Waals surface area (Å²) in [6, 6.07) is 4.36. The number of halogens is 1.